The van der Waals surface area contributed by atoms with Crippen LogP contribution in [0.3, 0.4) is 0 Å². The van der Waals surface area contributed by atoms with Crippen molar-refractivity contribution in [3.8, 4) is 0 Å². The highest BCUT2D eigenvalue weighted by Crippen LogP contribution is 2.23. The number of hydrogen-bond donors (Lipinski definition) is 0. The Morgan fingerprint density at radius 3 is 2.52 bits per heavy atom. The molecule has 0 radical (unpaired) electrons. The molecule has 6 nitrogen and oxygen atoms in total. The number of rotatable bonds is 4. The van der Waals surface area contributed by atoms with Crippen molar-refractivity contribution in [2.24, 2.45) is 0 Å². The molecular weight excluding hydrogens is 371 g/mol. The molecule has 0 unspecified atom stereocenters. The number of piperazine rings is 1. The summed E-state index contributed by atoms with van der Waals surface area (Å²) in [4.78, 5) is 34.1. The second-order valence-electron chi connectivity index (χ2n) is 6.26. The van der Waals surface area contributed by atoms with Crippen LogP contribution >= 0.6 is 11.6 Å². The first kappa shape index (κ1) is 19.1. The first-order valence-corrected chi connectivity index (χ1v) is 9.00. The van der Waals surface area contributed by atoms with Gasteiger partial charge in [0.2, 0.25) is 11.8 Å². The molecule has 8 heteroatoms. The van der Waals surface area contributed by atoms with E-state index in [-0.39, 0.29) is 23.4 Å². The minimum absolute atomic E-state index is 0.0878. The van der Waals surface area contributed by atoms with Crippen molar-refractivity contribution >= 4 is 34.9 Å². The number of carbonyl (C=O) groups is 2. The van der Waals surface area contributed by atoms with Crippen molar-refractivity contribution in [1.82, 2.24) is 9.88 Å². The fourth-order valence-corrected chi connectivity index (χ4v) is 3.17. The Morgan fingerprint density at radius 1 is 1.19 bits per heavy atom. The average Bonchev–Trinajstić information content (AvgIpc) is 2.69. The van der Waals surface area contributed by atoms with E-state index in [2.05, 4.69) is 9.88 Å². The molecule has 0 bridgehead atoms. The summed E-state index contributed by atoms with van der Waals surface area (Å²) < 4.78 is 13.4. The van der Waals surface area contributed by atoms with Crippen LogP contribution in [0.15, 0.2) is 42.6 Å². The molecule has 0 atom stereocenters. The van der Waals surface area contributed by atoms with Gasteiger partial charge in [0.1, 0.15) is 18.2 Å². The lowest BCUT2D eigenvalue weighted by atomic mass is 10.2. The lowest BCUT2D eigenvalue weighted by molar-refractivity contribution is -0.131. The largest absolute Gasteiger partial charge is 0.353 e. The Kier molecular flexibility index (Phi) is 5.91. The zero-order chi connectivity index (χ0) is 19.4. The van der Waals surface area contributed by atoms with E-state index in [1.165, 1.54) is 30.0 Å². The van der Waals surface area contributed by atoms with Crippen LogP contribution < -0.4 is 9.80 Å². The lowest BCUT2D eigenvalue weighted by Gasteiger charge is -2.36. The van der Waals surface area contributed by atoms with Gasteiger partial charge in [-0.15, -0.1) is 0 Å². The van der Waals surface area contributed by atoms with E-state index in [9.17, 15) is 14.0 Å². The van der Waals surface area contributed by atoms with Crippen LogP contribution in [0.2, 0.25) is 5.02 Å². The van der Waals surface area contributed by atoms with Gasteiger partial charge in [0.05, 0.1) is 5.02 Å². The summed E-state index contributed by atoms with van der Waals surface area (Å²) in [7, 11) is 0. The van der Waals surface area contributed by atoms with Gasteiger partial charge in [0.25, 0.3) is 0 Å². The Morgan fingerprint density at radius 2 is 1.93 bits per heavy atom. The van der Waals surface area contributed by atoms with Crippen LogP contribution in [-0.4, -0.2) is 54.4 Å². The molecule has 2 heterocycles. The molecule has 1 saturated heterocycles. The first-order chi connectivity index (χ1) is 13.0. The number of pyridine rings is 1. The summed E-state index contributed by atoms with van der Waals surface area (Å²) in [5.41, 5.74) is 0.398. The maximum Gasteiger partial charge on any atom is 0.242 e. The standard InChI is InChI=1S/C19H20ClFN4O2/c1-14(26)25(15-5-6-17(21)16(20)12-15)13-19(27)24-10-8-23(9-11-24)18-4-2-3-7-22-18/h2-7,12H,8-11,13H2,1H3. The summed E-state index contributed by atoms with van der Waals surface area (Å²) in [5.74, 6) is -0.152. The molecule has 0 spiro atoms. The number of amides is 2. The summed E-state index contributed by atoms with van der Waals surface area (Å²) in [6, 6.07) is 9.70. The van der Waals surface area contributed by atoms with E-state index < -0.39 is 5.82 Å². The maximum absolute atomic E-state index is 13.4. The monoisotopic (exact) mass is 390 g/mol. The molecule has 27 heavy (non-hydrogen) atoms. The summed E-state index contributed by atoms with van der Waals surface area (Å²) in [6.45, 7) is 3.69. The SMILES string of the molecule is CC(=O)N(CC(=O)N1CCN(c2ccccn2)CC1)c1ccc(F)c(Cl)c1. The number of aromatic nitrogens is 1. The molecule has 142 valence electrons. The van der Waals surface area contributed by atoms with Crippen LogP contribution in [0, 0.1) is 5.82 Å². The Labute approximate surface area is 162 Å². The Balaban J connectivity index is 1.63. The molecule has 0 aliphatic carbocycles. The molecule has 3 rings (SSSR count). The molecule has 2 amide bonds. The van der Waals surface area contributed by atoms with E-state index in [1.54, 1.807) is 11.1 Å². The third-order valence-corrected chi connectivity index (χ3v) is 4.78. The van der Waals surface area contributed by atoms with Crippen molar-refractivity contribution in [2.75, 3.05) is 42.5 Å². The van der Waals surface area contributed by atoms with Gasteiger partial charge < -0.3 is 14.7 Å². The molecule has 1 aliphatic rings. The molecule has 1 aromatic heterocycles. The normalized spacial score (nSPS) is 14.2. The van der Waals surface area contributed by atoms with Crippen molar-refractivity contribution in [3.05, 3.63) is 53.4 Å². The minimum atomic E-state index is -0.569. The highest BCUT2D eigenvalue weighted by atomic mass is 35.5. The van der Waals surface area contributed by atoms with Gasteiger partial charge in [-0.2, -0.15) is 0 Å². The molecule has 0 saturated carbocycles. The van der Waals surface area contributed by atoms with E-state index in [0.717, 1.165) is 5.82 Å². The van der Waals surface area contributed by atoms with Gasteiger partial charge in [-0.05, 0) is 30.3 Å². The minimum Gasteiger partial charge on any atom is -0.353 e. The third kappa shape index (κ3) is 4.54. The van der Waals surface area contributed by atoms with E-state index in [4.69, 9.17) is 11.6 Å². The second-order valence-corrected chi connectivity index (χ2v) is 6.67. The lowest BCUT2D eigenvalue weighted by Crippen LogP contribution is -2.52. The molecule has 0 N–H and O–H groups in total. The van der Waals surface area contributed by atoms with Gasteiger partial charge in [0.15, 0.2) is 0 Å². The molecule has 2 aromatic rings. The number of benzene rings is 1. The number of carbonyl (C=O) groups excluding carboxylic acids is 2. The van der Waals surface area contributed by atoms with E-state index in [1.807, 2.05) is 18.2 Å². The van der Waals surface area contributed by atoms with Crippen molar-refractivity contribution in [3.63, 3.8) is 0 Å². The summed E-state index contributed by atoms with van der Waals surface area (Å²) in [6.07, 6.45) is 1.74. The second kappa shape index (κ2) is 8.35. The topological polar surface area (TPSA) is 56.8 Å². The number of nitrogens with zero attached hydrogens (tertiary/aromatic N) is 4. The van der Waals surface area contributed by atoms with Crippen LogP contribution in [0.5, 0.6) is 0 Å². The highest BCUT2D eigenvalue weighted by Gasteiger charge is 2.25. The van der Waals surface area contributed by atoms with Crippen LogP contribution in [0.4, 0.5) is 15.9 Å². The summed E-state index contributed by atoms with van der Waals surface area (Å²) in [5, 5.41) is -0.0878. The Bertz CT molecular complexity index is 826. The van der Waals surface area contributed by atoms with Crippen molar-refractivity contribution < 1.29 is 14.0 Å². The van der Waals surface area contributed by atoms with Gasteiger partial charge in [-0.1, -0.05) is 17.7 Å². The van der Waals surface area contributed by atoms with Crippen molar-refractivity contribution in [2.45, 2.75) is 6.92 Å². The van der Waals surface area contributed by atoms with Gasteiger partial charge in [0, 0.05) is 45.0 Å². The predicted octanol–water partition coefficient (Wildman–Crippen LogP) is 2.58. The van der Waals surface area contributed by atoms with Crippen LogP contribution in [0.25, 0.3) is 0 Å². The maximum atomic E-state index is 13.4. The van der Waals surface area contributed by atoms with Gasteiger partial charge >= 0.3 is 0 Å². The van der Waals surface area contributed by atoms with Crippen LogP contribution in [0.1, 0.15) is 6.92 Å². The van der Waals surface area contributed by atoms with Crippen LogP contribution in [-0.2, 0) is 9.59 Å². The molecular formula is C19H20ClFN4O2. The smallest absolute Gasteiger partial charge is 0.242 e. The number of halogens is 2. The summed E-state index contributed by atoms with van der Waals surface area (Å²) >= 11 is 5.80. The van der Waals surface area contributed by atoms with E-state index in [0.29, 0.717) is 31.9 Å². The zero-order valence-corrected chi connectivity index (χ0v) is 15.7. The van der Waals surface area contributed by atoms with Gasteiger partial charge in [-0.25, -0.2) is 9.37 Å². The quantitative estimate of drug-likeness (QED) is 0.805. The number of anilines is 2. The fraction of sp³-hybridized carbons (Fsp3) is 0.316. The van der Waals surface area contributed by atoms with Gasteiger partial charge in [-0.3, -0.25) is 9.59 Å². The third-order valence-electron chi connectivity index (χ3n) is 4.49. The van der Waals surface area contributed by atoms with Crippen molar-refractivity contribution in [1.29, 1.82) is 0 Å². The van der Waals surface area contributed by atoms with E-state index >= 15 is 0 Å². The average molecular weight is 391 g/mol. The highest BCUT2D eigenvalue weighted by molar-refractivity contribution is 6.31. The molecule has 1 aromatic carbocycles. The molecule has 1 aliphatic heterocycles. The zero-order valence-electron chi connectivity index (χ0n) is 14.9. The molecule has 1 fully saturated rings. The number of hydrogen-bond acceptors (Lipinski definition) is 4. The predicted molar refractivity (Wildman–Crippen MR) is 102 cm³/mol. The Hall–Kier alpha value is -2.67. The first-order valence-electron chi connectivity index (χ1n) is 8.62. The fourth-order valence-electron chi connectivity index (χ4n) is 3.00.